The van der Waals surface area contributed by atoms with Gasteiger partial charge in [0.2, 0.25) is 0 Å². The maximum atomic E-state index is 5.95. The first-order valence-corrected chi connectivity index (χ1v) is 6.37. The lowest BCUT2D eigenvalue weighted by molar-refractivity contribution is 0.455. The molecule has 0 spiro atoms. The van der Waals surface area contributed by atoms with Crippen LogP contribution in [0.1, 0.15) is 31.9 Å². The van der Waals surface area contributed by atoms with Crippen molar-refractivity contribution >= 4 is 5.82 Å². The van der Waals surface area contributed by atoms with Gasteiger partial charge in [-0.05, 0) is 24.5 Å². The molecule has 0 aliphatic carbocycles. The fraction of sp³-hybridized carbons (Fsp3) is 0.312. The van der Waals surface area contributed by atoms with Crippen LogP contribution in [0.5, 0.6) is 11.5 Å². The van der Waals surface area contributed by atoms with Gasteiger partial charge in [0, 0.05) is 17.8 Å². The number of nitrogens with two attached hydrogens (primary N) is 1. The van der Waals surface area contributed by atoms with E-state index in [1.165, 1.54) is 11.1 Å². The molecule has 2 rings (SSSR count). The summed E-state index contributed by atoms with van der Waals surface area (Å²) in [5, 5.41) is 0. The molecule has 3 nitrogen and oxygen atoms in total. The fourth-order valence-corrected chi connectivity index (χ4v) is 1.94. The first kappa shape index (κ1) is 13.4. The van der Waals surface area contributed by atoms with Crippen molar-refractivity contribution in [3.63, 3.8) is 0 Å². The van der Waals surface area contributed by atoms with Gasteiger partial charge >= 0.3 is 0 Å². The van der Waals surface area contributed by atoms with Crippen LogP contribution in [0.3, 0.4) is 0 Å². The zero-order valence-corrected chi connectivity index (χ0v) is 11.9. The van der Waals surface area contributed by atoms with Crippen molar-refractivity contribution in [2.75, 3.05) is 5.73 Å². The summed E-state index contributed by atoms with van der Waals surface area (Å²) in [6, 6.07) is 9.76. The number of pyridine rings is 1. The molecular formula is C16H20N2O. The standard InChI is InChI=1S/C16H20N2O/c1-11-5-6-14(13(9-11)16(2,3)4)19-12-7-8-18-15(17)10-12/h5-10H,1-4H3,(H2,17,18). The molecule has 0 bridgehead atoms. The summed E-state index contributed by atoms with van der Waals surface area (Å²) in [6.07, 6.45) is 1.65. The van der Waals surface area contributed by atoms with Gasteiger partial charge in [0.15, 0.2) is 0 Å². The lowest BCUT2D eigenvalue weighted by atomic mass is 9.85. The summed E-state index contributed by atoms with van der Waals surface area (Å²) in [4.78, 5) is 3.96. The van der Waals surface area contributed by atoms with E-state index in [0.29, 0.717) is 11.6 Å². The normalized spacial score (nSPS) is 11.4. The van der Waals surface area contributed by atoms with Crippen LogP contribution in [0.15, 0.2) is 36.5 Å². The zero-order valence-electron chi connectivity index (χ0n) is 11.9. The molecule has 0 radical (unpaired) electrons. The van der Waals surface area contributed by atoms with Crippen LogP contribution in [0.25, 0.3) is 0 Å². The summed E-state index contributed by atoms with van der Waals surface area (Å²) in [6.45, 7) is 8.62. The quantitative estimate of drug-likeness (QED) is 0.881. The molecule has 0 saturated heterocycles. The Hall–Kier alpha value is -2.03. The maximum Gasteiger partial charge on any atom is 0.132 e. The average molecular weight is 256 g/mol. The number of benzene rings is 1. The van der Waals surface area contributed by atoms with Crippen molar-refractivity contribution in [3.05, 3.63) is 47.7 Å². The predicted molar refractivity (Wildman–Crippen MR) is 78.6 cm³/mol. The number of aromatic nitrogens is 1. The largest absolute Gasteiger partial charge is 0.457 e. The van der Waals surface area contributed by atoms with Crippen molar-refractivity contribution < 1.29 is 4.74 Å². The van der Waals surface area contributed by atoms with E-state index in [1.807, 2.05) is 12.1 Å². The zero-order chi connectivity index (χ0) is 14.0. The minimum atomic E-state index is 0.0277. The highest BCUT2D eigenvalue weighted by Crippen LogP contribution is 2.34. The van der Waals surface area contributed by atoms with Crippen LogP contribution >= 0.6 is 0 Å². The van der Waals surface area contributed by atoms with Gasteiger partial charge in [-0.2, -0.15) is 0 Å². The highest BCUT2D eigenvalue weighted by molar-refractivity contribution is 5.45. The second kappa shape index (κ2) is 4.92. The number of hydrogen-bond acceptors (Lipinski definition) is 3. The van der Waals surface area contributed by atoms with Crippen LogP contribution in [0.4, 0.5) is 5.82 Å². The molecular weight excluding hydrogens is 236 g/mol. The van der Waals surface area contributed by atoms with Crippen molar-refractivity contribution in [1.82, 2.24) is 4.98 Å². The number of aryl methyl sites for hydroxylation is 1. The third-order valence-electron chi connectivity index (χ3n) is 2.92. The number of rotatable bonds is 2. The minimum Gasteiger partial charge on any atom is -0.457 e. The summed E-state index contributed by atoms with van der Waals surface area (Å²) >= 11 is 0. The third kappa shape index (κ3) is 3.25. The molecule has 0 aliphatic heterocycles. The molecule has 1 aromatic heterocycles. The second-order valence-corrected chi connectivity index (χ2v) is 5.77. The van der Waals surface area contributed by atoms with E-state index in [0.717, 1.165) is 5.75 Å². The lowest BCUT2D eigenvalue weighted by Crippen LogP contribution is -2.12. The van der Waals surface area contributed by atoms with Gasteiger partial charge < -0.3 is 10.5 Å². The Morgan fingerprint density at radius 1 is 1.11 bits per heavy atom. The molecule has 19 heavy (non-hydrogen) atoms. The Morgan fingerprint density at radius 2 is 1.84 bits per heavy atom. The molecule has 0 fully saturated rings. The molecule has 0 aliphatic rings. The van der Waals surface area contributed by atoms with Gasteiger partial charge in [-0.25, -0.2) is 4.98 Å². The van der Waals surface area contributed by atoms with Gasteiger partial charge in [-0.1, -0.05) is 38.5 Å². The summed E-state index contributed by atoms with van der Waals surface area (Å²) < 4.78 is 5.95. The molecule has 0 unspecified atom stereocenters. The Balaban J connectivity index is 2.40. The first-order valence-electron chi connectivity index (χ1n) is 6.37. The molecule has 0 atom stereocenters. The molecule has 2 N–H and O–H groups in total. The maximum absolute atomic E-state index is 5.95. The van der Waals surface area contributed by atoms with Crippen LogP contribution in [-0.4, -0.2) is 4.98 Å². The number of ether oxygens (including phenoxy) is 1. The number of hydrogen-bond donors (Lipinski definition) is 1. The molecule has 1 heterocycles. The van der Waals surface area contributed by atoms with Crippen molar-refractivity contribution in [3.8, 4) is 11.5 Å². The molecule has 100 valence electrons. The van der Waals surface area contributed by atoms with E-state index < -0.39 is 0 Å². The average Bonchev–Trinajstić information content (AvgIpc) is 2.30. The van der Waals surface area contributed by atoms with E-state index in [4.69, 9.17) is 10.5 Å². The monoisotopic (exact) mass is 256 g/mol. The van der Waals surface area contributed by atoms with Crippen LogP contribution in [0.2, 0.25) is 0 Å². The minimum absolute atomic E-state index is 0.0277. The van der Waals surface area contributed by atoms with Gasteiger partial charge in [0.05, 0.1) is 0 Å². The fourth-order valence-electron chi connectivity index (χ4n) is 1.94. The second-order valence-electron chi connectivity index (χ2n) is 5.77. The topological polar surface area (TPSA) is 48.1 Å². The highest BCUT2D eigenvalue weighted by Gasteiger charge is 2.19. The van der Waals surface area contributed by atoms with Gasteiger partial charge in [0.1, 0.15) is 17.3 Å². The van der Waals surface area contributed by atoms with Gasteiger partial charge in [-0.15, -0.1) is 0 Å². The predicted octanol–water partition coefficient (Wildman–Crippen LogP) is 4.06. The van der Waals surface area contributed by atoms with Gasteiger partial charge in [0.25, 0.3) is 0 Å². The van der Waals surface area contributed by atoms with Crippen molar-refractivity contribution in [2.24, 2.45) is 0 Å². The van der Waals surface area contributed by atoms with E-state index in [2.05, 4.69) is 44.8 Å². The number of nitrogens with zero attached hydrogens (tertiary/aromatic N) is 1. The van der Waals surface area contributed by atoms with E-state index in [-0.39, 0.29) is 5.41 Å². The van der Waals surface area contributed by atoms with Crippen LogP contribution < -0.4 is 10.5 Å². The van der Waals surface area contributed by atoms with Crippen molar-refractivity contribution in [1.29, 1.82) is 0 Å². The Kier molecular flexibility index (Phi) is 3.47. The van der Waals surface area contributed by atoms with Gasteiger partial charge in [-0.3, -0.25) is 0 Å². The molecule has 0 amide bonds. The highest BCUT2D eigenvalue weighted by atomic mass is 16.5. The van der Waals surface area contributed by atoms with E-state index in [1.54, 1.807) is 12.3 Å². The number of nitrogen functional groups attached to an aromatic ring is 1. The van der Waals surface area contributed by atoms with E-state index >= 15 is 0 Å². The molecule has 2 aromatic rings. The summed E-state index contributed by atoms with van der Waals surface area (Å²) in [5.41, 5.74) is 8.11. The Labute approximate surface area is 114 Å². The van der Waals surface area contributed by atoms with Crippen LogP contribution in [-0.2, 0) is 5.41 Å². The summed E-state index contributed by atoms with van der Waals surface area (Å²) in [5.74, 6) is 2.03. The Bertz CT molecular complexity index is 586. The van der Waals surface area contributed by atoms with Crippen LogP contribution in [0, 0.1) is 6.92 Å². The lowest BCUT2D eigenvalue weighted by Gasteiger charge is -2.23. The third-order valence-corrected chi connectivity index (χ3v) is 2.92. The molecule has 0 saturated carbocycles. The SMILES string of the molecule is Cc1ccc(Oc2ccnc(N)c2)c(C(C)(C)C)c1. The van der Waals surface area contributed by atoms with E-state index in [9.17, 15) is 0 Å². The smallest absolute Gasteiger partial charge is 0.132 e. The molecule has 1 aromatic carbocycles. The number of anilines is 1. The summed E-state index contributed by atoms with van der Waals surface area (Å²) in [7, 11) is 0. The Morgan fingerprint density at radius 3 is 2.47 bits per heavy atom. The first-order chi connectivity index (χ1) is 8.86. The van der Waals surface area contributed by atoms with Crippen molar-refractivity contribution in [2.45, 2.75) is 33.1 Å². The molecule has 3 heteroatoms.